The van der Waals surface area contributed by atoms with Crippen molar-refractivity contribution in [3.63, 3.8) is 0 Å². The molecular weight excluding hydrogens is 452 g/mol. The Morgan fingerprint density at radius 3 is 2.40 bits per heavy atom. The lowest BCUT2D eigenvalue weighted by Gasteiger charge is -2.10. The largest absolute Gasteiger partial charge is 0.445 e. The topological polar surface area (TPSA) is 67.4 Å². The zero-order chi connectivity index (χ0) is 18.1. The van der Waals surface area contributed by atoms with E-state index in [1.807, 2.05) is 54.6 Å². The van der Waals surface area contributed by atoms with Crippen molar-refractivity contribution in [3.05, 3.63) is 69.1 Å². The Bertz CT molecular complexity index is 760. The first kappa shape index (κ1) is 19.2. The van der Waals surface area contributed by atoms with Crippen LogP contribution in [-0.4, -0.2) is 18.5 Å². The molecule has 0 fully saturated rings. The summed E-state index contributed by atoms with van der Waals surface area (Å²) in [6.45, 7) is -0.0254. The van der Waals surface area contributed by atoms with E-state index in [0.717, 1.165) is 14.5 Å². The van der Waals surface area contributed by atoms with Crippen LogP contribution in [0.1, 0.15) is 11.1 Å². The van der Waals surface area contributed by atoms with Gasteiger partial charge in [-0.2, -0.15) is 0 Å². The molecule has 25 heavy (non-hydrogen) atoms. The quantitative estimate of drug-likeness (QED) is 0.650. The predicted octanol–water partition coefficient (Wildman–Crippen LogP) is 4.64. The number of amides is 2. The van der Waals surface area contributed by atoms with Gasteiger partial charge in [-0.15, -0.1) is 0 Å². The molecule has 2 aromatic rings. The molecule has 2 amide bonds. The van der Waals surface area contributed by atoms with Gasteiger partial charge in [0.2, 0.25) is 5.91 Å². The first-order valence-corrected chi connectivity index (χ1v) is 8.99. The van der Waals surface area contributed by atoms with Crippen molar-refractivity contribution in [2.24, 2.45) is 0 Å². The molecule has 0 saturated carbocycles. The molecule has 5 nitrogen and oxygen atoms in total. The Kier molecular flexibility index (Phi) is 7.69. The van der Waals surface area contributed by atoms with Gasteiger partial charge in [-0.3, -0.25) is 4.79 Å². The van der Waals surface area contributed by atoms with Gasteiger partial charge in [0.25, 0.3) is 0 Å². The van der Waals surface area contributed by atoms with E-state index in [1.54, 1.807) is 6.07 Å². The van der Waals surface area contributed by atoms with Crippen LogP contribution < -0.4 is 10.6 Å². The zero-order valence-electron chi connectivity index (χ0n) is 13.2. The maximum Gasteiger partial charge on any atom is 0.407 e. The van der Waals surface area contributed by atoms with Crippen LogP contribution in [0.5, 0.6) is 0 Å². The number of carbonyl (C=O) groups is 2. The molecule has 7 heteroatoms. The summed E-state index contributed by atoms with van der Waals surface area (Å²) in [4.78, 5) is 23.7. The number of benzene rings is 2. The van der Waals surface area contributed by atoms with Gasteiger partial charge in [0.1, 0.15) is 13.2 Å². The maximum atomic E-state index is 12.0. The van der Waals surface area contributed by atoms with Crippen LogP contribution in [0, 0.1) is 0 Å². The van der Waals surface area contributed by atoms with E-state index in [-0.39, 0.29) is 19.1 Å². The van der Waals surface area contributed by atoms with Crippen LogP contribution in [0.3, 0.4) is 0 Å². The molecule has 130 valence electrons. The minimum atomic E-state index is -0.643. The van der Waals surface area contributed by atoms with E-state index in [9.17, 15) is 9.59 Å². The fourth-order valence-electron chi connectivity index (χ4n) is 1.98. The van der Waals surface area contributed by atoms with Crippen molar-refractivity contribution in [3.8, 4) is 0 Å². The summed E-state index contributed by atoms with van der Waals surface area (Å²) in [5, 5.41) is 5.18. The number of alkyl carbamates (subject to hydrolysis) is 1. The fraction of sp³-hybridized carbons (Fsp3) is 0.111. The molecule has 0 spiro atoms. The first-order valence-electron chi connectivity index (χ1n) is 7.41. The normalized spacial score (nSPS) is 9.84. The highest BCUT2D eigenvalue weighted by Gasteiger charge is 2.08. The molecule has 0 heterocycles. The number of halogens is 2. The van der Waals surface area contributed by atoms with Crippen molar-refractivity contribution in [2.75, 3.05) is 11.9 Å². The fourth-order valence-corrected chi connectivity index (χ4v) is 2.47. The number of rotatable bonds is 6. The minimum Gasteiger partial charge on any atom is -0.445 e. The SMILES string of the molecule is O=C(CNC(=O)OCc1ccccc1)Nc1ccccc1C=C(Br)Br. The highest BCUT2D eigenvalue weighted by Crippen LogP contribution is 2.23. The highest BCUT2D eigenvalue weighted by atomic mass is 79.9. The second kappa shape index (κ2) is 10.0. The zero-order valence-corrected chi connectivity index (χ0v) is 16.3. The van der Waals surface area contributed by atoms with Crippen molar-refractivity contribution in [1.29, 1.82) is 0 Å². The van der Waals surface area contributed by atoms with Gasteiger partial charge in [-0.1, -0.05) is 48.5 Å². The number of hydrogen-bond donors (Lipinski definition) is 2. The molecule has 0 saturated heterocycles. The van der Waals surface area contributed by atoms with Crippen LogP contribution in [0.2, 0.25) is 0 Å². The van der Waals surface area contributed by atoms with Crippen molar-refractivity contribution in [1.82, 2.24) is 5.32 Å². The summed E-state index contributed by atoms with van der Waals surface area (Å²) < 4.78 is 5.81. The Morgan fingerprint density at radius 1 is 1.00 bits per heavy atom. The molecule has 2 rings (SSSR count). The van der Waals surface area contributed by atoms with Gasteiger partial charge in [0, 0.05) is 5.69 Å². The molecule has 0 aliphatic carbocycles. The van der Waals surface area contributed by atoms with Crippen molar-refractivity contribution < 1.29 is 14.3 Å². The lowest BCUT2D eigenvalue weighted by atomic mass is 10.2. The van der Waals surface area contributed by atoms with Crippen molar-refractivity contribution >= 4 is 55.6 Å². The number of para-hydroxylation sites is 1. The van der Waals surface area contributed by atoms with E-state index < -0.39 is 6.09 Å². The summed E-state index contributed by atoms with van der Waals surface area (Å²) in [6.07, 6.45) is 1.17. The van der Waals surface area contributed by atoms with Crippen LogP contribution in [0.4, 0.5) is 10.5 Å². The Morgan fingerprint density at radius 2 is 1.68 bits per heavy atom. The Labute approximate surface area is 162 Å². The molecular formula is C18H16Br2N2O3. The van der Waals surface area contributed by atoms with Gasteiger partial charge in [-0.05, 0) is 55.1 Å². The third-order valence-corrected chi connectivity index (χ3v) is 3.56. The Balaban J connectivity index is 1.81. The number of hydrogen-bond acceptors (Lipinski definition) is 3. The lowest BCUT2D eigenvalue weighted by Crippen LogP contribution is -2.33. The van der Waals surface area contributed by atoms with Gasteiger partial charge in [0.15, 0.2) is 0 Å². The van der Waals surface area contributed by atoms with E-state index in [0.29, 0.717) is 5.69 Å². The monoisotopic (exact) mass is 466 g/mol. The molecule has 0 bridgehead atoms. The molecule has 0 radical (unpaired) electrons. The van der Waals surface area contributed by atoms with Gasteiger partial charge < -0.3 is 15.4 Å². The molecule has 0 unspecified atom stereocenters. The predicted molar refractivity (Wildman–Crippen MR) is 106 cm³/mol. The summed E-state index contributed by atoms with van der Waals surface area (Å²) in [7, 11) is 0. The van der Waals surface area contributed by atoms with E-state index >= 15 is 0 Å². The third kappa shape index (κ3) is 7.11. The second-order valence-corrected chi connectivity index (χ2v) is 7.76. The molecule has 2 aromatic carbocycles. The minimum absolute atomic E-state index is 0.154. The molecule has 0 aromatic heterocycles. The smallest absolute Gasteiger partial charge is 0.407 e. The van der Waals surface area contributed by atoms with Gasteiger partial charge in [-0.25, -0.2) is 4.79 Å². The Hall–Kier alpha value is -2.12. The standard InChI is InChI=1S/C18H16Br2N2O3/c19-16(20)10-14-8-4-5-9-15(14)22-17(23)11-21-18(24)25-12-13-6-2-1-3-7-13/h1-10H,11-12H2,(H,21,24)(H,22,23). The average Bonchev–Trinajstić information content (AvgIpc) is 2.60. The van der Waals surface area contributed by atoms with E-state index in [1.165, 1.54) is 0 Å². The van der Waals surface area contributed by atoms with Crippen LogP contribution in [0.25, 0.3) is 6.08 Å². The molecule has 0 aliphatic heterocycles. The van der Waals surface area contributed by atoms with E-state index in [2.05, 4.69) is 42.5 Å². The van der Waals surface area contributed by atoms with Gasteiger partial charge >= 0.3 is 6.09 Å². The summed E-state index contributed by atoms with van der Waals surface area (Å²) in [6, 6.07) is 16.6. The summed E-state index contributed by atoms with van der Waals surface area (Å²) in [5.74, 6) is -0.344. The maximum absolute atomic E-state index is 12.0. The molecule has 0 atom stereocenters. The number of anilines is 1. The highest BCUT2D eigenvalue weighted by molar-refractivity contribution is 9.28. The number of carbonyl (C=O) groups excluding carboxylic acids is 2. The third-order valence-electron chi connectivity index (χ3n) is 3.11. The first-order chi connectivity index (χ1) is 12.0. The van der Waals surface area contributed by atoms with E-state index in [4.69, 9.17) is 4.74 Å². The van der Waals surface area contributed by atoms with Crippen LogP contribution in [-0.2, 0) is 16.1 Å². The van der Waals surface area contributed by atoms with Gasteiger partial charge in [0.05, 0.1) is 3.39 Å². The molecule has 0 aliphatic rings. The lowest BCUT2D eigenvalue weighted by molar-refractivity contribution is -0.115. The average molecular weight is 468 g/mol. The summed E-state index contributed by atoms with van der Waals surface area (Å²) >= 11 is 6.58. The number of nitrogens with one attached hydrogen (secondary N) is 2. The summed E-state index contributed by atoms with van der Waals surface area (Å²) in [5.41, 5.74) is 2.35. The van der Waals surface area contributed by atoms with Crippen LogP contribution >= 0.6 is 31.9 Å². The van der Waals surface area contributed by atoms with Crippen LogP contribution in [0.15, 0.2) is 58.0 Å². The molecule has 2 N–H and O–H groups in total. The second-order valence-electron chi connectivity index (χ2n) is 4.98. The van der Waals surface area contributed by atoms with Crippen molar-refractivity contribution in [2.45, 2.75) is 6.61 Å². The number of ether oxygens (including phenoxy) is 1.